The standard InChI is InChI=1S/C16H18N4O/c17-12-8-14(15(18)21)16(19-9-12)20-13-6-5-10-3-1-2-4-11(10)7-13/h1-4,8-9,13H,5-7,17H2,(H2,18,21)(H,19,20). The fraction of sp³-hybridized carbons (Fsp3) is 0.250. The number of fused-ring (bicyclic) bond motifs is 1. The monoisotopic (exact) mass is 282 g/mol. The van der Waals surface area contributed by atoms with Crippen molar-refractivity contribution in [1.29, 1.82) is 0 Å². The number of hydrogen-bond acceptors (Lipinski definition) is 4. The molecule has 1 aromatic heterocycles. The van der Waals surface area contributed by atoms with Gasteiger partial charge >= 0.3 is 0 Å². The lowest BCUT2D eigenvalue weighted by atomic mass is 9.88. The van der Waals surface area contributed by atoms with Crippen LogP contribution >= 0.6 is 0 Å². The number of nitrogens with two attached hydrogens (primary N) is 2. The highest BCUT2D eigenvalue weighted by atomic mass is 16.1. The van der Waals surface area contributed by atoms with Crippen molar-refractivity contribution in [2.24, 2.45) is 5.73 Å². The predicted octanol–water partition coefficient (Wildman–Crippen LogP) is 1.73. The van der Waals surface area contributed by atoms with Gasteiger partial charge in [0.05, 0.1) is 17.4 Å². The smallest absolute Gasteiger partial charge is 0.252 e. The molecule has 0 saturated carbocycles. The fourth-order valence-electron chi connectivity index (χ4n) is 2.80. The maximum atomic E-state index is 11.5. The Morgan fingerprint density at radius 2 is 2.05 bits per heavy atom. The van der Waals surface area contributed by atoms with Crippen molar-refractivity contribution in [1.82, 2.24) is 4.98 Å². The van der Waals surface area contributed by atoms with Gasteiger partial charge in [0.15, 0.2) is 0 Å². The number of carbonyl (C=O) groups is 1. The lowest BCUT2D eigenvalue weighted by molar-refractivity contribution is 0.100. The number of hydrogen-bond donors (Lipinski definition) is 3. The van der Waals surface area contributed by atoms with Gasteiger partial charge in [-0.1, -0.05) is 24.3 Å². The molecule has 2 aromatic rings. The van der Waals surface area contributed by atoms with Crippen LogP contribution in [0.15, 0.2) is 36.5 Å². The van der Waals surface area contributed by atoms with Crippen LogP contribution < -0.4 is 16.8 Å². The van der Waals surface area contributed by atoms with E-state index in [1.165, 1.54) is 17.3 Å². The molecule has 0 radical (unpaired) electrons. The molecule has 1 unspecified atom stereocenters. The Morgan fingerprint density at radius 1 is 1.29 bits per heavy atom. The van der Waals surface area contributed by atoms with Gasteiger partial charge < -0.3 is 16.8 Å². The molecule has 1 atom stereocenters. The van der Waals surface area contributed by atoms with Gasteiger partial charge in [0.25, 0.3) is 5.91 Å². The first-order valence-electron chi connectivity index (χ1n) is 7.02. The SMILES string of the molecule is NC(=O)c1cc(N)cnc1NC1CCc2ccccc2C1. The number of benzene rings is 1. The Balaban J connectivity index is 1.81. The highest BCUT2D eigenvalue weighted by Gasteiger charge is 2.20. The van der Waals surface area contributed by atoms with Gasteiger partial charge in [-0.05, 0) is 36.5 Å². The van der Waals surface area contributed by atoms with Crippen LogP contribution in [0.3, 0.4) is 0 Å². The average Bonchev–Trinajstić information content (AvgIpc) is 2.49. The summed E-state index contributed by atoms with van der Waals surface area (Å²) < 4.78 is 0. The third-order valence-corrected chi connectivity index (χ3v) is 3.86. The largest absolute Gasteiger partial charge is 0.397 e. The highest BCUT2D eigenvalue weighted by Crippen LogP contribution is 2.24. The van der Waals surface area contributed by atoms with Gasteiger partial charge in [-0.15, -0.1) is 0 Å². The number of primary amides is 1. The van der Waals surface area contributed by atoms with Crippen molar-refractivity contribution >= 4 is 17.4 Å². The van der Waals surface area contributed by atoms with E-state index in [-0.39, 0.29) is 6.04 Å². The minimum Gasteiger partial charge on any atom is -0.397 e. The highest BCUT2D eigenvalue weighted by molar-refractivity contribution is 5.98. The second kappa shape index (κ2) is 5.44. The first-order chi connectivity index (χ1) is 10.1. The molecule has 5 heteroatoms. The summed E-state index contributed by atoms with van der Waals surface area (Å²) in [5.41, 5.74) is 14.6. The first-order valence-corrected chi connectivity index (χ1v) is 7.02. The summed E-state index contributed by atoms with van der Waals surface area (Å²) >= 11 is 0. The van der Waals surface area contributed by atoms with Crippen molar-refractivity contribution in [3.63, 3.8) is 0 Å². The number of carbonyl (C=O) groups excluding carboxylic acids is 1. The van der Waals surface area contributed by atoms with Gasteiger partial charge in [-0.3, -0.25) is 4.79 Å². The maximum Gasteiger partial charge on any atom is 0.252 e. The second-order valence-corrected chi connectivity index (χ2v) is 5.38. The summed E-state index contributed by atoms with van der Waals surface area (Å²) in [6.45, 7) is 0. The second-order valence-electron chi connectivity index (χ2n) is 5.38. The van der Waals surface area contributed by atoms with Crippen LogP contribution in [0.4, 0.5) is 11.5 Å². The topological polar surface area (TPSA) is 94.0 Å². The number of nitrogen functional groups attached to an aromatic ring is 1. The third-order valence-electron chi connectivity index (χ3n) is 3.86. The van der Waals surface area contributed by atoms with E-state index in [1.807, 2.05) is 0 Å². The van der Waals surface area contributed by atoms with E-state index in [1.54, 1.807) is 6.07 Å². The van der Waals surface area contributed by atoms with Crippen molar-refractivity contribution in [2.45, 2.75) is 25.3 Å². The number of rotatable bonds is 3. The van der Waals surface area contributed by atoms with Crippen LogP contribution in [0, 0.1) is 0 Å². The summed E-state index contributed by atoms with van der Waals surface area (Å²) in [5, 5.41) is 3.33. The van der Waals surface area contributed by atoms with Gasteiger partial charge in [-0.2, -0.15) is 0 Å². The Kier molecular flexibility index (Phi) is 3.48. The maximum absolute atomic E-state index is 11.5. The lowest BCUT2D eigenvalue weighted by Gasteiger charge is -2.26. The molecular formula is C16H18N4O. The number of amides is 1. The first kappa shape index (κ1) is 13.4. The van der Waals surface area contributed by atoms with E-state index >= 15 is 0 Å². The molecule has 21 heavy (non-hydrogen) atoms. The van der Waals surface area contributed by atoms with Crippen LogP contribution in [0.25, 0.3) is 0 Å². The molecule has 1 amide bonds. The summed E-state index contributed by atoms with van der Waals surface area (Å²) in [4.78, 5) is 15.7. The Bertz CT molecular complexity index is 684. The van der Waals surface area contributed by atoms with Crippen LogP contribution in [-0.4, -0.2) is 16.9 Å². The zero-order valence-corrected chi connectivity index (χ0v) is 11.7. The molecular weight excluding hydrogens is 264 g/mol. The van der Waals surface area contributed by atoms with Gasteiger partial charge in [-0.25, -0.2) is 4.98 Å². The Labute approximate surface area is 123 Å². The summed E-state index contributed by atoms with van der Waals surface area (Å²) in [6, 6.07) is 10.2. The molecule has 0 spiro atoms. The molecule has 0 saturated heterocycles. The molecule has 1 aromatic carbocycles. The number of anilines is 2. The van der Waals surface area contributed by atoms with Gasteiger partial charge in [0, 0.05) is 6.04 Å². The van der Waals surface area contributed by atoms with E-state index in [2.05, 4.69) is 34.6 Å². The zero-order chi connectivity index (χ0) is 14.8. The Hall–Kier alpha value is -2.56. The molecule has 0 fully saturated rings. The van der Waals surface area contributed by atoms with Crippen molar-refractivity contribution in [2.75, 3.05) is 11.1 Å². The molecule has 3 rings (SSSR count). The quantitative estimate of drug-likeness (QED) is 0.799. The summed E-state index contributed by atoms with van der Waals surface area (Å²) in [6.07, 6.45) is 4.47. The molecule has 108 valence electrons. The fourth-order valence-corrected chi connectivity index (χ4v) is 2.80. The summed E-state index contributed by atoms with van der Waals surface area (Å²) in [7, 11) is 0. The number of aromatic nitrogens is 1. The van der Waals surface area contributed by atoms with E-state index < -0.39 is 5.91 Å². The van der Waals surface area contributed by atoms with Crippen LogP contribution in [0.1, 0.15) is 27.9 Å². The number of aryl methyl sites for hydroxylation is 1. The van der Waals surface area contributed by atoms with E-state index in [0.717, 1.165) is 19.3 Å². The molecule has 5 N–H and O–H groups in total. The predicted molar refractivity (Wildman–Crippen MR) is 83.0 cm³/mol. The number of pyridine rings is 1. The number of nitrogens with one attached hydrogen (secondary N) is 1. The number of nitrogens with zero attached hydrogens (tertiary/aromatic N) is 1. The Morgan fingerprint density at radius 3 is 2.81 bits per heavy atom. The van der Waals surface area contributed by atoms with E-state index in [9.17, 15) is 4.79 Å². The van der Waals surface area contributed by atoms with Crippen molar-refractivity contribution < 1.29 is 4.79 Å². The molecule has 1 aliphatic carbocycles. The molecule has 0 aliphatic heterocycles. The lowest BCUT2D eigenvalue weighted by Crippen LogP contribution is -2.29. The van der Waals surface area contributed by atoms with Crippen LogP contribution in [0.2, 0.25) is 0 Å². The van der Waals surface area contributed by atoms with Gasteiger partial charge in [0.1, 0.15) is 5.82 Å². The normalized spacial score (nSPS) is 17.0. The van der Waals surface area contributed by atoms with Crippen LogP contribution in [0.5, 0.6) is 0 Å². The van der Waals surface area contributed by atoms with Crippen LogP contribution in [-0.2, 0) is 12.8 Å². The van der Waals surface area contributed by atoms with Crippen molar-refractivity contribution in [3.05, 3.63) is 53.2 Å². The van der Waals surface area contributed by atoms with E-state index in [4.69, 9.17) is 11.5 Å². The molecule has 1 heterocycles. The minimum atomic E-state index is -0.520. The minimum absolute atomic E-state index is 0.245. The van der Waals surface area contributed by atoms with E-state index in [0.29, 0.717) is 17.1 Å². The molecule has 0 bridgehead atoms. The third kappa shape index (κ3) is 2.81. The van der Waals surface area contributed by atoms with Gasteiger partial charge in [0.2, 0.25) is 0 Å². The molecule has 5 nitrogen and oxygen atoms in total. The van der Waals surface area contributed by atoms with Crippen molar-refractivity contribution in [3.8, 4) is 0 Å². The average molecular weight is 282 g/mol. The molecule has 1 aliphatic rings. The summed E-state index contributed by atoms with van der Waals surface area (Å²) in [5.74, 6) is -0.00501. The zero-order valence-electron chi connectivity index (χ0n) is 11.7.